The topological polar surface area (TPSA) is 117 Å². The molecule has 112 valence electrons. The molecule has 2 aliphatic heterocycles. The first kappa shape index (κ1) is 13.7. The molecule has 2 bridgehead atoms. The van der Waals surface area contributed by atoms with Crippen molar-refractivity contribution in [2.75, 3.05) is 4.90 Å². The Balaban J connectivity index is 2.02. The van der Waals surface area contributed by atoms with E-state index in [-0.39, 0.29) is 35.3 Å². The Kier molecular flexibility index (Phi) is 3.25. The Morgan fingerprint density at radius 2 is 2.00 bits per heavy atom. The number of anilines is 1. The fourth-order valence-corrected chi connectivity index (χ4v) is 3.40. The molecule has 0 spiro atoms. The van der Waals surface area contributed by atoms with Gasteiger partial charge < -0.3 is 15.1 Å². The SMILES string of the molecule is O=C(O)c1cc([N+](=O)[O-])cnc1N1C2CCC1CC(O)C2. The molecule has 0 radical (unpaired) electrons. The molecular formula is C13H15N3O5. The normalized spacial score (nSPS) is 27.7. The highest BCUT2D eigenvalue weighted by atomic mass is 16.6. The quantitative estimate of drug-likeness (QED) is 0.634. The highest BCUT2D eigenvalue weighted by molar-refractivity contribution is 5.94. The van der Waals surface area contributed by atoms with Crippen molar-refractivity contribution in [2.24, 2.45) is 0 Å². The van der Waals surface area contributed by atoms with E-state index < -0.39 is 10.9 Å². The molecule has 0 amide bonds. The van der Waals surface area contributed by atoms with Crippen LogP contribution in [0.1, 0.15) is 36.0 Å². The molecule has 1 aromatic rings. The number of carboxylic acids is 1. The average Bonchev–Trinajstić information content (AvgIpc) is 2.69. The number of aromatic nitrogens is 1. The minimum Gasteiger partial charge on any atom is -0.478 e. The third kappa shape index (κ3) is 2.31. The molecule has 8 heteroatoms. The highest BCUT2D eigenvalue weighted by Gasteiger charge is 2.42. The third-order valence-electron chi connectivity index (χ3n) is 4.25. The standard InChI is InChI=1S/C13H15N3O5/c17-10-3-7-1-2-8(4-10)15(7)12-11(13(18)19)5-9(6-14-12)16(20)21/h5-8,10,17H,1-4H2,(H,18,19). The van der Waals surface area contributed by atoms with E-state index in [1.807, 2.05) is 4.90 Å². The zero-order chi connectivity index (χ0) is 15.1. The summed E-state index contributed by atoms with van der Waals surface area (Å²) in [6, 6.07) is 1.14. The second kappa shape index (κ2) is 4.96. The predicted octanol–water partition coefficient (Wildman–Crippen LogP) is 1.18. The molecule has 0 aromatic carbocycles. The monoisotopic (exact) mass is 293 g/mol. The van der Waals surface area contributed by atoms with Gasteiger partial charge in [0.2, 0.25) is 0 Å². The van der Waals surface area contributed by atoms with Crippen LogP contribution < -0.4 is 4.90 Å². The molecule has 2 fully saturated rings. The van der Waals surface area contributed by atoms with Gasteiger partial charge >= 0.3 is 5.97 Å². The Hall–Kier alpha value is -2.22. The summed E-state index contributed by atoms with van der Waals surface area (Å²) < 4.78 is 0. The number of hydrogen-bond acceptors (Lipinski definition) is 6. The first-order valence-electron chi connectivity index (χ1n) is 6.81. The van der Waals surface area contributed by atoms with Gasteiger partial charge in [-0.25, -0.2) is 9.78 Å². The smallest absolute Gasteiger partial charge is 0.339 e. The van der Waals surface area contributed by atoms with Gasteiger partial charge in [-0.15, -0.1) is 0 Å². The van der Waals surface area contributed by atoms with E-state index in [1.165, 1.54) is 0 Å². The Morgan fingerprint density at radius 3 is 2.52 bits per heavy atom. The summed E-state index contributed by atoms with van der Waals surface area (Å²) in [7, 11) is 0. The fourth-order valence-electron chi connectivity index (χ4n) is 3.40. The van der Waals surface area contributed by atoms with Crippen LogP contribution in [0.4, 0.5) is 11.5 Å². The molecule has 3 heterocycles. The molecule has 2 atom stereocenters. The van der Waals surface area contributed by atoms with Crippen molar-refractivity contribution in [2.45, 2.75) is 43.9 Å². The minimum absolute atomic E-state index is 0.0470. The minimum atomic E-state index is -1.23. The van der Waals surface area contributed by atoms with Crippen LogP contribution in [0.2, 0.25) is 0 Å². The molecule has 2 saturated heterocycles. The van der Waals surface area contributed by atoms with Crippen molar-refractivity contribution in [3.05, 3.63) is 27.9 Å². The molecule has 2 unspecified atom stereocenters. The van der Waals surface area contributed by atoms with Crippen molar-refractivity contribution in [1.82, 2.24) is 4.98 Å². The number of aliphatic hydroxyl groups is 1. The number of piperidine rings is 1. The molecular weight excluding hydrogens is 278 g/mol. The molecule has 3 rings (SSSR count). The van der Waals surface area contributed by atoms with Crippen LogP contribution in [0, 0.1) is 10.1 Å². The van der Waals surface area contributed by atoms with Gasteiger partial charge in [0.15, 0.2) is 0 Å². The van der Waals surface area contributed by atoms with Crippen LogP contribution in [-0.2, 0) is 0 Å². The van der Waals surface area contributed by atoms with E-state index in [2.05, 4.69) is 4.98 Å². The zero-order valence-corrected chi connectivity index (χ0v) is 11.2. The molecule has 21 heavy (non-hydrogen) atoms. The van der Waals surface area contributed by atoms with Gasteiger partial charge in [-0.05, 0) is 25.7 Å². The summed E-state index contributed by atoms with van der Waals surface area (Å²) in [5.74, 6) is -0.959. The highest BCUT2D eigenvalue weighted by Crippen LogP contribution is 2.40. The number of nitro groups is 1. The van der Waals surface area contributed by atoms with E-state index in [1.54, 1.807) is 0 Å². The molecule has 2 N–H and O–H groups in total. The Morgan fingerprint density at radius 1 is 1.38 bits per heavy atom. The summed E-state index contributed by atoms with van der Waals surface area (Å²) >= 11 is 0. The van der Waals surface area contributed by atoms with E-state index in [4.69, 9.17) is 0 Å². The van der Waals surface area contributed by atoms with Crippen molar-refractivity contribution < 1.29 is 19.9 Å². The Bertz CT molecular complexity index is 591. The van der Waals surface area contributed by atoms with Gasteiger partial charge in [-0.3, -0.25) is 10.1 Å². The molecule has 2 aliphatic rings. The zero-order valence-electron chi connectivity index (χ0n) is 11.2. The average molecular weight is 293 g/mol. The number of aromatic carboxylic acids is 1. The number of hydrogen-bond donors (Lipinski definition) is 2. The maximum atomic E-state index is 11.4. The molecule has 8 nitrogen and oxygen atoms in total. The number of carboxylic acid groups (broad SMARTS) is 1. The second-order valence-electron chi connectivity index (χ2n) is 5.54. The van der Waals surface area contributed by atoms with Crippen LogP contribution in [0.15, 0.2) is 12.3 Å². The van der Waals surface area contributed by atoms with Crippen molar-refractivity contribution >= 4 is 17.5 Å². The lowest BCUT2D eigenvalue weighted by atomic mass is 9.99. The Labute approximate surface area is 120 Å². The largest absolute Gasteiger partial charge is 0.478 e. The van der Waals surface area contributed by atoms with E-state index >= 15 is 0 Å². The van der Waals surface area contributed by atoms with E-state index in [9.17, 15) is 25.1 Å². The fraction of sp³-hybridized carbons (Fsp3) is 0.538. The summed E-state index contributed by atoms with van der Waals surface area (Å²) in [5, 5.41) is 29.9. The van der Waals surface area contributed by atoms with Crippen LogP contribution in [0.25, 0.3) is 0 Å². The lowest BCUT2D eigenvalue weighted by molar-refractivity contribution is -0.385. The van der Waals surface area contributed by atoms with Gasteiger partial charge in [0.25, 0.3) is 5.69 Å². The molecule has 0 saturated carbocycles. The second-order valence-corrected chi connectivity index (χ2v) is 5.54. The maximum Gasteiger partial charge on any atom is 0.339 e. The van der Waals surface area contributed by atoms with Crippen LogP contribution >= 0.6 is 0 Å². The number of rotatable bonds is 3. The first-order valence-corrected chi connectivity index (χ1v) is 6.81. The van der Waals surface area contributed by atoms with Gasteiger partial charge in [-0.1, -0.05) is 0 Å². The summed E-state index contributed by atoms with van der Waals surface area (Å²) in [5.41, 5.74) is -0.488. The maximum absolute atomic E-state index is 11.4. The van der Waals surface area contributed by atoms with Gasteiger partial charge in [0.05, 0.1) is 11.0 Å². The van der Waals surface area contributed by atoms with Crippen molar-refractivity contribution in [3.63, 3.8) is 0 Å². The lowest BCUT2D eigenvalue weighted by Crippen LogP contribution is -2.45. The summed E-state index contributed by atoms with van der Waals surface area (Å²) in [6.07, 6.45) is 3.62. The number of pyridine rings is 1. The van der Waals surface area contributed by atoms with E-state index in [0.29, 0.717) is 12.8 Å². The van der Waals surface area contributed by atoms with Gasteiger partial charge in [0.1, 0.15) is 17.6 Å². The molecule has 0 aliphatic carbocycles. The predicted molar refractivity (Wildman–Crippen MR) is 72.4 cm³/mol. The van der Waals surface area contributed by atoms with Crippen molar-refractivity contribution in [3.8, 4) is 0 Å². The van der Waals surface area contributed by atoms with E-state index in [0.717, 1.165) is 25.1 Å². The van der Waals surface area contributed by atoms with Crippen molar-refractivity contribution in [1.29, 1.82) is 0 Å². The number of fused-ring (bicyclic) bond motifs is 2. The van der Waals surface area contributed by atoms with Gasteiger partial charge in [0, 0.05) is 18.2 Å². The summed E-state index contributed by atoms with van der Waals surface area (Å²) in [6.45, 7) is 0. The number of nitrogens with zero attached hydrogens (tertiary/aromatic N) is 3. The number of aliphatic hydroxyl groups excluding tert-OH is 1. The molecule has 1 aromatic heterocycles. The van der Waals surface area contributed by atoms with Crippen LogP contribution in [0.5, 0.6) is 0 Å². The number of carbonyl (C=O) groups is 1. The summed E-state index contributed by atoms with van der Waals surface area (Å²) in [4.78, 5) is 27.5. The van der Waals surface area contributed by atoms with Crippen LogP contribution in [0.3, 0.4) is 0 Å². The van der Waals surface area contributed by atoms with Crippen LogP contribution in [-0.4, -0.2) is 44.3 Å². The first-order chi connectivity index (χ1) is 9.97. The third-order valence-corrected chi connectivity index (χ3v) is 4.25. The lowest BCUT2D eigenvalue weighted by Gasteiger charge is -2.38. The van der Waals surface area contributed by atoms with Gasteiger partial charge in [-0.2, -0.15) is 0 Å².